The Bertz CT molecular complexity index is 506. The Kier molecular flexibility index (Phi) is 3.19. The van der Waals surface area contributed by atoms with Gasteiger partial charge in [0.25, 0.3) is 5.89 Å². The SMILES string of the molecule is CC(C)c1noc(-c2cnccc2C(C)O)n1. The Morgan fingerprint density at radius 2 is 2.06 bits per heavy atom. The molecule has 0 fully saturated rings. The van der Waals surface area contributed by atoms with Crippen LogP contribution in [0.2, 0.25) is 0 Å². The highest BCUT2D eigenvalue weighted by Gasteiger charge is 2.16. The normalized spacial score (nSPS) is 13.0. The van der Waals surface area contributed by atoms with Gasteiger partial charge in [0.15, 0.2) is 5.82 Å². The molecule has 17 heavy (non-hydrogen) atoms. The summed E-state index contributed by atoms with van der Waals surface area (Å²) in [4.78, 5) is 8.31. The predicted molar refractivity (Wildman–Crippen MR) is 62.3 cm³/mol. The number of rotatable bonds is 3. The van der Waals surface area contributed by atoms with Gasteiger partial charge in [0, 0.05) is 18.3 Å². The van der Waals surface area contributed by atoms with Crippen LogP contribution in [-0.4, -0.2) is 20.2 Å². The van der Waals surface area contributed by atoms with E-state index in [9.17, 15) is 5.11 Å². The fourth-order valence-electron chi connectivity index (χ4n) is 1.53. The smallest absolute Gasteiger partial charge is 0.259 e. The average Bonchev–Trinajstić information content (AvgIpc) is 2.78. The van der Waals surface area contributed by atoms with E-state index in [2.05, 4.69) is 15.1 Å². The van der Waals surface area contributed by atoms with Crippen molar-refractivity contribution in [2.24, 2.45) is 0 Å². The summed E-state index contributed by atoms with van der Waals surface area (Å²) < 4.78 is 5.19. The molecule has 2 aromatic heterocycles. The Balaban J connectivity index is 2.45. The number of aromatic nitrogens is 3. The molecule has 0 aliphatic carbocycles. The lowest BCUT2D eigenvalue weighted by Crippen LogP contribution is -1.96. The molecule has 2 rings (SSSR count). The van der Waals surface area contributed by atoms with Crippen molar-refractivity contribution in [2.75, 3.05) is 0 Å². The molecule has 2 heterocycles. The summed E-state index contributed by atoms with van der Waals surface area (Å²) in [6, 6.07) is 1.75. The predicted octanol–water partition coefficient (Wildman–Crippen LogP) is 2.31. The number of nitrogens with zero attached hydrogens (tertiary/aromatic N) is 3. The molecule has 2 aromatic rings. The van der Waals surface area contributed by atoms with Crippen LogP contribution < -0.4 is 0 Å². The van der Waals surface area contributed by atoms with Crippen LogP contribution in [0.15, 0.2) is 23.0 Å². The molecule has 90 valence electrons. The second kappa shape index (κ2) is 4.63. The maximum absolute atomic E-state index is 9.66. The molecule has 0 amide bonds. The molecular weight excluding hydrogens is 218 g/mol. The molecule has 0 spiro atoms. The number of hydrogen-bond acceptors (Lipinski definition) is 5. The van der Waals surface area contributed by atoms with E-state index in [-0.39, 0.29) is 5.92 Å². The van der Waals surface area contributed by atoms with E-state index < -0.39 is 6.10 Å². The molecule has 0 radical (unpaired) electrons. The Morgan fingerprint density at radius 1 is 1.29 bits per heavy atom. The van der Waals surface area contributed by atoms with Gasteiger partial charge < -0.3 is 9.63 Å². The van der Waals surface area contributed by atoms with E-state index in [4.69, 9.17) is 4.52 Å². The van der Waals surface area contributed by atoms with Gasteiger partial charge in [0.2, 0.25) is 0 Å². The number of pyridine rings is 1. The topological polar surface area (TPSA) is 72.0 Å². The van der Waals surface area contributed by atoms with Crippen LogP contribution >= 0.6 is 0 Å². The third kappa shape index (κ3) is 2.34. The van der Waals surface area contributed by atoms with E-state index >= 15 is 0 Å². The summed E-state index contributed by atoms with van der Waals surface area (Å²) in [6.45, 7) is 5.68. The molecule has 5 nitrogen and oxygen atoms in total. The van der Waals surface area contributed by atoms with E-state index in [1.807, 2.05) is 13.8 Å². The van der Waals surface area contributed by atoms with Gasteiger partial charge in [-0.3, -0.25) is 4.98 Å². The van der Waals surface area contributed by atoms with E-state index in [1.165, 1.54) is 0 Å². The Labute approximate surface area is 99.5 Å². The number of aliphatic hydroxyl groups excluding tert-OH is 1. The Morgan fingerprint density at radius 3 is 2.65 bits per heavy atom. The average molecular weight is 233 g/mol. The van der Waals surface area contributed by atoms with Gasteiger partial charge >= 0.3 is 0 Å². The third-order valence-electron chi connectivity index (χ3n) is 2.49. The van der Waals surface area contributed by atoms with Crippen LogP contribution in [0.25, 0.3) is 11.5 Å². The maximum atomic E-state index is 9.66. The monoisotopic (exact) mass is 233 g/mol. The quantitative estimate of drug-likeness (QED) is 0.880. The van der Waals surface area contributed by atoms with Crippen molar-refractivity contribution in [3.8, 4) is 11.5 Å². The lowest BCUT2D eigenvalue weighted by atomic mass is 10.1. The molecule has 0 saturated carbocycles. The number of aliphatic hydroxyl groups is 1. The third-order valence-corrected chi connectivity index (χ3v) is 2.49. The summed E-state index contributed by atoms with van der Waals surface area (Å²) in [5, 5.41) is 13.6. The molecule has 1 unspecified atom stereocenters. The minimum atomic E-state index is -0.595. The summed E-state index contributed by atoms with van der Waals surface area (Å²) in [5.41, 5.74) is 1.42. The van der Waals surface area contributed by atoms with Crippen LogP contribution in [0.3, 0.4) is 0 Å². The standard InChI is InChI=1S/C12H15N3O2/c1-7(2)11-14-12(17-15-11)10-6-13-5-4-9(10)8(3)16/h4-8,16H,1-3H3. The van der Waals surface area contributed by atoms with Crippen molar-refractivity contribution in [2.45, 2.75) is 32.8 Å². The van der Waals surface area contributed by atoms with Gasteiger partial charge in [0.05, 0.1) is 11.7 Å². The lowest BCUT2D eigenvalue weighted by molar-refractivity contribution is 0.199. The molecular formula is C12H15N3O2. The minimum Gasteiger partial charge on any atom is -0.389 e. The first-order valence-corrected chi connectivity index (χ1v) is 5.55. The molecule has 1 atom stereocenters. The lowest BCUT2D eigenvalue weighted by Gasteiger charge is -2.07. The molecule has 0 aliphatic rings. The first kappa shape index (κ1) is 11.7. The van der Waals surface area contributed by atoms with Crippen LogP contribution in [-0.2, 0) is 0 Å². The van der Waals surface area contributed by atoms with Gasteiger partial charge in [-0.25, -0.2) is 0 Å². The molecule has 1 N–H and O–H groups in total. The highest BCUT2D eigenvalue weighted by atomic mass is 16.5. The van der Waals surface area contributed by atoms with Gasteiger partial charge in [-0.05, 0) is 18.6 Å². The van der Waals surface area contributed by atoms with Crippen molar-refractivity contribution in [1.82, 2.24) is 15.1 Å². The minimum absolute atomic E-state index is 0.208. The summed E-state index contributed by atoms with van der Waals surface area (Å²) >= 11 is 0. The van der Waals surface area contributed by atoms with Crippen LogP contribution in [0.5, 0.6) is 0 Å². The van der Waals surface area contributed by atoms with Crippen LogP contribution in [0.4, 0.5) is 0 Å². The maximum Gasteiger partial charge on any atom is 0.259 e. The van der Waals surface area contributed by atoms with Gasteiger partial charge in [-0.1, -0.05) is 19.0 Å². The van der Waals surface area contributed by atoms with Gasteiger partial charge in [0.1, 0.15) is 0 Å². The van der Waals surface area contributed by atoms with Crippen molar-refractivity contribution >= 4 is 0 Å². The first-order chi connectivity index (χ1) is 8.09. The van der Waals surface area contributed by atoms with E-state index in [0.29, 0.717) is 17.3 Å². The molecule has 5 heteroatoms. The van der Waals surface area contributed by atoms with Crippen molar-refractivity contribution in [3.63, 3.8) is 0 Å². The zero-order valence-electron chi connectivity index (χ0n) is 10.1. The summed E-state index contributed by atoms with van der Waals surface area (Å²) in [7, 11) is 0. The van der Waals surface area contributed by atoms with Gasteiger partial charge in [-0.2, -0.15) is 4.98 Å². The highest BCUT2D eigenvalue weighted by Crippen LogP contribution is 2.26. The number of hydrogen-bond donors (Lipinski definition) is 1. The molecule has 0 saturated heterocycles. The summed E-state index contributed by atoms with van der Waals surface area (Å²) in [5.74, 6) is 1.26. The van der Waals surface area contributed by atoms with Crippen molar-refractivity contribution in [1.29, 1.82) is 0 Å². The zero-order chi connectivity index (χ0) is 12.4. The first-order valence-electron chi connectivity index (χ1n) is 5.55. The van der Waals surface area contributed by atoms with E-state index in [1.54, 1.807) is 25.4 Å². The molecule has 0 bridgehead atoms. The van der Waals surface area contributed by atoms with Crippen LogP contribution in [0.1, 0.15) is 44.2 Å². The van der Waals surface area contributed by atoms with Crippen molar-refractivity contribution < 1.29 is 9.63 Å². The fourth-order valence-corrected chi connectivity index (χ4v) is 1.53. The fraction of sp³-hybridized carbons (Fsp3) is 0.417. The molecule has 0 aromatic carbocycles. The summed E-state index contributed by atoms with van der Waals surface area (Å²) in [6.07, 6.45) is 2.66. The Hall–Kier alpha value is -1.75. The van der Waals surface area contributed by atoms with Gasteiger partial charge in [-0.15, -0.1) is 0 Å². The van der Waals surface area contributed by atoms with E-state index in [0.717, 1.165) is 5.56 Å². The van der Waals surface area contributed by atoms with Crippen LogP contribution in [0, 0.1) is 0 Å². The highest BCUT2D eigenvalue weighted by molar-refractivity contribution is 5.57. The largest absolute Gasteiger partial charge is 0.389 e. The second-order valence-electron chi connectivity index (χ2n) is 4.25. The zero-order valence-corrected chi connectivity index (χ0v) is 10.1. The second-order valence-corrected chi connectivity index (χ2v) is 4.25. The van der Waals surface area contributed by atoms with Crippen molar-refractivity contribution in [3.05, 3.63) is 29.8 Å². The molecule has 0 aliphatic heterocycles.